The van der Waals surface area contributed by atoms with Gasteiger partial charge in [0.25, 0.3) is 5.56 Å². The molecule has 4 aliphatic heterocycles. The Balaban J connectivity index is 0.000000154. The molecule has 7 aromatic heterocycles. The number of hydrogen-bond donors (Lipinski definition) is 3. The van der Waals surface area contributed by atoms with Crippen LogP contribution < -0.4 is 30.8 Å². The average Bonchev–Trinajstić information content (AvgIpc) is 1.67. The van der Waals surface area contributed by atoms with Crippen molar-refractivity contribution in [2.24, 2.45) is 10.7 Å². The topological polar surface area (TPSA) is 289 Å². The van der Waals surface area contributed by atoms with Gasteiger partial charge >= 0.3 is 0 Å². The molecule has 26 nitrogen and oxygen atoms in total. The van der Waals surface area contributed by atoms with Crippen LogP contribution in [0.15, 0.2) is 65.2 Å². The molecule has 4 N–H and O–H groups in total. The molecule has 3 saturated heterocycles. The monoisotopic (exact) mass is 1500 g/mol. The number of hydrogen-bond acceptors (Lipinski definition) is 22. The van der Waals surface area contributed by atoms with Gasteiger partial charge in [-0.2, -0.15) is 34.9 Å². The number of fused-ring (bicyclic) bond motifs is 4. The van der Waals surface area contributed by atoms with Gasteiger partial charge in [0.2, 0.25) is 39.4 Å². The number of aryl methyl sites for hydroxylation is 3. The molecule has 3 fully saturated rings. The van der Waals surface area contributed by atoms with Gasteiger partial charge in [-0.05, 0) is 109 Å². The predicted octanol–water partition coefficient (Wildman–Crippen LogP) is 11.3. The molecule has 0 unspecified atom stereocenters. The molecule has 0 amide bonds. The van der Waals surface area contributed by atoms with Gasteiger partial charge in [0.05, 0.1) is 92.4 Å². The first-order valence-electron chi connectivity index (χ1n) is 30.2. The molecule has 11 heterocycles. The Kier molecular flexibility index (Phi) is 30.5. The minimum Gasteiger partial charge on any atom is -0.481 e. The maximum Gasteiger partial charge on any atom is 0.278 e. The second-order valence-corrected chi connectivity index (χ2v) is 24.4. The Morgan fingerprint density at radius 3 is 1.50 bits per heavy atom. The zero-order valence-corrected chi connectivity index (χ0v) is 58.9. The minimum absolute atomic E-state index is 0.148. The molecule has 34 heteroatoms. The number of aromatic nitrogens is 14. The quantitative estimate of drug-likeness (QED) is 0.0531. The number of ether oxygens (including phenoxy) is 6. The Labute approximate surface area is 586 Å². The molecule has 94 heavy (non-hydrogen) atoms. The Morgan fingerprint density at radius 1 is 0.553 bits per heavy atom. The van der Waals surface area contributed by atoms with Crippen molar-refractivity contribution < 1.29 is 28.4 Å². The fraction of sp³-hybridized carbons (Fsp3) is 0.467. The van der Waals surface area contributed by atoms with Crippen LogP contribution in [-0.2, 0) is 53.4 Å². The number of methoxy groups -OCH3 is 3. The van der Waals surface area contributed by atoms with Crippen LogP contribution in [0, 0.1) is 0 Å². The summed E-state index contributed by atoms with van der Waals surface area (Å²) in [4.78, 5) is 65.5. The summed E-state index contributed by atoms with van der Waals surface area (Å²) < 4.78 is 37.1. The lowest BCUT2D eigenvalue weighted by atomic mass is 10.2. The summed E-state index contributed by atoms with van der Waals surface area (Å²) in [6.07, 6.45) is 14.5. The van der Waals surface area contributed by atoms with Crippen LogP contribution in [0.1, 0.15) is 55.2 Å². The molecule has 13 rings (SSSR count). The van der Waals surface area contributed by atoms with E-state index in [1.807, 2.05) is 25.8 Å². The molecule has 0 atom stereocenters. The number of H-pyrrole nitrogens is 1. The molecule has 0 radical (unpaired) electrons. The molecule has 0 bridgehead atoms. The number of rotatable bonds is 18. The van der Waals surface area contributed by atoms with E-state index in [-0.39, 0.29) is 21.4 Å². The average molecular weight is 1500 g/mol. The first-order valence-corrected chi connectivity index (χ1v) is 33.9. The van der Waals surface area contributed by atoms with Crippen molar-refractivity contribution in [2.75, 3.05) is 111 Å². The van der Waals surface area contributed by atoms with Crippen LogP contribution in [0.4, 0.5) is 11.8 Å². The van der Waals surface area contributed by atoms with E-state index >= 15 is 0 Å². The molecule has 9 aromatic rings. The fourth-order valence-electron chi connectivity index (χ4n) is 9.81. The fourth-order valence-corrected chi connectivity index (χ4v) is 11.2. The van der Waals surface area contributed by atoms with Crippen LogP contribution in [0.25, 0.3) is 33.5 Å². The van der Waals surface area contributed by atoms with Gasteiger partial charge in [-0.1, -0.05) is 74.5 Å². The molecule has 0 aliphatic carbocycles. The van der Waals surface area contributed by atoms with Crippen molar-refractivity contribution >= 4 is 149 Å². The molecular formula is C60H73BrCl7N19O7. The molecule has 506 valence electrons. The van der Waals surface area contributed by atoms with Crippen molar-refractivity contribution in [1.82, 2.24) is 78.3 Å². The Hall–Kier alpha value is -5.89. The van der Waals surface area contributed by atoms with E-state index in [9.17, 15) is 4.79 Å². The number of aliphatic imine (C=N–C) groups is 1. The summed E-state index contributed by atoms with van der Waals surface area (Å²) in [7, 11) is 4.68. The number of nitrogens with one attached hydrogen (secondary N) is 2. The Bertz CT molecular complexity index is 3930. The van der Waals surface area contributed by atoms with Crippen LogP contribution in [0.3, 0.4) is 0 Å². The maximum absolute atomic E-state index is 12.6. The van der Waals surface area contributed by atoms with E-state index in [0.717, 1.165) is 151 Å². The number of halogens is 8. The number of nitrogens with zero attached hydrogens (tertiary/aromatic N) is 16. The van der Waals surface area contributed by atoms with Crippen LogP contribution in [0.2, 0.25) is 35.9 Å². The highest BCUT2D eigenvalue weighted by Crippen LogP contribution is 2.31. The zero-order valence-electron chi connectivity index (χ0n) is 52.1. The number of morpholine rings is 2. The highest BCUT2D eigenvalue weighted by atomic mass is 79.9. The lowest BCUT2D eigenvalue weighted by molar-refractivity contribution is 0.0369. The molecule has 2 aromatic carbocycles. The number of aromatic amines is 1. The van der Waals surface area contributed by atoms with Gasteiger partial charge in [0.1, 0.15) is 0 Å². The van der Waals surface area contributed by atoms with Crippen molar-refractivity contribution in [1.29, 1.82) is 0 Å². The molecule has 0 spiro atoms. The summed E-state index contributed by atoms with van der Waals surface area (Å²) in [6, 6.07) is 10.7. The summed E-state index contributed by atoms with van der Waals surface area (Å²) in [5.74, 6) is 2.43. The second-order valence-electron chi connectivity index (χ2n) is 21.0. The van der Waals surface area contributed by atoms with Gasteiger partial charge in [-0.3, -0.25) is 19.6 Å². The third-order valence-corrected chi connectivity index (χ3v) is 17.1. The number of imidazole rings is 3. The largest absolute Gasteiger partial charge is 0.481 e. The Morgan fingerprint density at radius 2 is 1.02 bits per heavy atom. The SMILES string of the molecule is C1CCOCC1.COc1nc(Cl)nc2c1CC=N2.COc1nc(Cl)nc2ncn(CCCBr)c12.COc1nc(Cl)nc2ncn(CCCN3CCOCC3)c12.NCc1ccc(Cl)c(Cl)c1.O=c1[nH]c(NCc2ccc(Cl)c(Cl)c2)nc2ncn(CCCN3CCOCC3)c12. The summed E-state index contributed by atoms with van der Waals surface area (Å²) in [5.41, 5.74) is 11.6. The zero-order chi connectivity index (χ0) is 66.8. The van der Waals surface area contributed by atoms with Crippen molar-refractivity contribution in [3.05, 3.63) is 118 Å². The lowest BCUT2D eigenvalue weighted by Gasteiger charge is -2.26. The smallest absolute Gasteiger partial charge is 0.278 e. The second kappa shape index (κ2) is 38.7. The van der Waals surface area contributed by atoms with Crippen LogP contribution >= 0.6 is 97.1 Å². The molecular weight excluding hydrogens is 1430 g/mol. The summed E-state index contributed by atoms with van der Waals surface area (Å²) >= 11 is 44.0. The van der Waals surface area contributed by atoms with Gasteiger partial charge in [0, 0.05) is 103 Å². The van der Waals surface area contributed by atoms with E-state index < -0.39 is 0 Å². The van der Waals surface area contributed by atoms with E-state index in [4.69, 9.17) is 115 Å². The standard InChI is InChI=1S/C19H22Cl2N6O2.C13H18ClN5O2.C9H10BrClN4O.C7H7Cl2N.C7H6ClN3O.C5H10O/c20-14-3-2-13(10-15(14)21)11-22-19-24-17-16(18(28)25-19)27(12-23-17)5-1-4-26-6-8-29-9-7-26;1-20-12-10-11(16-13(14)17-12)15-9-19(10)4-2-3-18-5-7-21-8-6-18;1-16-8-6-7(13-9(11)14-8)12-5-15(6)4-2-3-10;8-6-2-1-5(4-10)3-7(6)9;1-12-6-4-2-3-9-5(4)10-7(8)11-6;1-2-4-6-5-3-1/h2-3,10,12H,1,4-9,11H2,(H2,22,24,25,28);9H,2-8H2,1H3;5H,2-4H2,1H3;1-3H,4,10H2;3H,2H2,1H3;1-5H2. The molecule has 0 saturated carbocycles. The first-order chi connectivity index (χ1) is 45.7. The van der Waals surface area contributed by atoms with Crippen LogP contribution in [0.5, 0.6) is 17.6 Å². The van der Waals surface area contributed by atoms with Gasteiger partial charge in [-0.15, -0.1) is 0 Å². The minimum atomic E-state index is -0.212. The number of benzene rings is 2. The summed E-state index contributed by atoms with van der Waals surface area (Å²) in [5, 5.41) is 6.62. The van der Waals surface area contributed by atoms with Gasteiger partial charge < -0.3 is 53.2 Å². The predicted molar refractivity (Wildman–Crippen MR) is 372 cm³/mol. The van der Waals surface area contributed by atoms with Crippen LogP contribution in [-0.4, -0.2) is 190 Å². The van der Waals surface area contributed by atoms with Gasteiger partial charge in [-0.25, -0.2) is 19.9 Å². The maximum atomic E-state index is 12.6. The van der Waals surface area contributed by atoms with E-state index in [2.05, 4.69) is 90.9 Å². The highest BCUT2D eigenvalue weighted by Gasteiger charge is 2.19. The van der Waals surface area contributed by atoms with Gasteiger partial charge in [0.15, 0.2) is 39.3 Å². The number of anilines is 1. The number of nitrogens with two attached hydrogens (primary N) is 1. The normalized spacial score (nSPS) is 14.5. The van der Waals surface area contributed by atoms with Crippen molar-refractivity contribution in [2.45, 2.75) is 77.7 Å². The third kappa shape index (κ3) is 22.1. The first kappa shape index (κ1) is 73.9. The van der Waals surface area contributed by atoms with Crippen molar-refractivity contribution in [3.8, 4) is 17.6 Å². The third-order valence-electron chi connectivity index (χ3n) is 14.5. The number of alkyl halides is 1. The van der Waals surface area contributed by atoms with E-state index in [1.54, 1.807) is 70.8 Å². The molecule has 4 aliphatic rings. The summed E-state index contributed by atoms with van der Waals surface area (Å²) in [6.45, 7) is 14.5. The lowest BCUT2D eigenvalue weighted by Crippen LogP contribution is -2.37. The van der Waals surface area contributed by atoms with E-state index in [0.29, 0.717) is 91.6 Å². The highest BCUT2D eigenvalue weighted by molar-refractivity contribution is 9.09. The van der Waals surface area contributed by atoms with E-state index in [1.165, 1.54) is 19.3 Å². The van der Waals surface area contributed by atoms with Crippen molar-refractivity contribution in [3.63, 3.8) is 0 Å².